The molecule has 1 aliphatic carbocycles. The minimum atomic E-state index is -0.306. The van der Waals surface area contributed by atoms with E-state index in [4.69, 9.17) is 0 Å². The van der Waals surface area contributed by atoms with E-state index >= 15 is 0 Å². The monoisotopic (exact) mass is 197 g/mol. The number of aliphatic hydroxyl groups is 1. The van der Waals surface area contributed by atoms with Crippen LogP contribution in [0.15, 0.2) is 0 Å². The van der Waals surface area contributed by atoms with Gasteiger partial charge in [-0.15, -0.1) is 0 Å². The molecule has 2 rings (SSSR count). The highest BCUT2D eigenvalue weighted by atomic mass is 16.3. The maximum Gasteiger partial charge on any atom is 0.0774 e. The Morgan fingerprint density at radius 1 is 1.29 bits per heavy atom. The Balaban J connectivity index is 1.73. The molecule has 82 valence electrons. The van der Waals surface area contributed by atoms with Crippen molar-refractivity contribution in [3.63, 3.8) is 0 Å². The van der Waals surface area contributed by atoms with Crippen molar-refractivity contribution in [3.05, 3.63) is 0 Å². The average molecular weight is 197 g/mol. The first-order valence-corrected chi connectivity index (χ1v) is 6.16. The highest BCUT2D eigenvalue weighted by Crippen LogP contribution is 2.33. The Morgan fingerprint density at radius 3 is 2.36 bits per heavy atom. The molecule has 2 fully saturated rings. The number of nitrogens with zero attached hydrogens (tertiary/aromatic N) is 1. The molecule has 2 heteroatoms. The quantitative estimate of drug-likeness (QED) is 0.748. The van der Waals surface area contributed by atoms with E-state index in [9.17, 15) is 5.11 Å². The summed E-state index contributed by atoms with van der Waals surface area (Å²) in [6.07, 6.45) is 7.29. The van der Waals surface area contributed by atoms with Crippen molar-refractivity contribution in [1.82, 2.24) is 4.90 Å². The number of piperidine rings is 1. The second kappa shape index (κ2) is 4.19. The zero-order valence-corrected chi connectivity index (χ0v) is 9.34. The van der Waals surface area contributed by atoms with E-state index in [0.717, 1.165) is 25.3 Å². The van der Waals surface area contributed by atoms with E-state index in [1.54, 1.807) is 0 Å². The van der Waals surface area contributed by atoms with Crippen molar-refractivity contribution < 1.29 is 5.11 Å². The summed E-state index contributed by atoms with van der Waals surface area (Å²) in [7, 11) is 0. The van der Waals surface area contributed by atoms with Crippen LogP contribution >= 0.6 is 0 Å². The van der Waals surface area contributed by atoms with E-state index in [0.29, 0.717) is 0 Å². The number of hydrogen-bond acceptors (Lipinski definition) is 2. The molecule has 0 amide bonds. The summed E-state index contributed by atoms with van der Waals surface area (Å²) in [5.41, 5.74) is -0.306. The molecule has 14 heavy (non-hydrogen) atoms. The molecule has 1 heterocycles. The van der Waals surface area contributed by atoms with Gasteiger partial charge in [0.05, 0.1) is 5.60 Å². The van der Waals surface area contributed by atoms with Crippen LogP contribution in [0.1, 0.15) is 45.4 Å². The molecule has 0 aromatic heterocycles. The largest absolute Gasteiger partial charge is 0.389 e. The third-order valence-corrected chi connectivity index (χ3v) is 4.09. The molecule has 0 atom stereocenters. The third-order valence-electron chi connectivity index (χ3n) is 4.09. The third kappa shape index (κ3) is 2.29. The number of likely N-dealkylation sites (tertiary alicyclic amines) is 1. The van der Waals surface area contributed by atoms with Gasteiger partial charge in [0.25, 0.3) is 0 Å². The molecule has 2 nitrogen and oxygen atoms in total. The lowest BCUT2D eigenvalue weighted by Crippen LogP contribution is -2.49. The van der Waals surface area contributed by atoms with Crippen molar-refractivity contribution in [2.75, 3.05) is 19.6 Å². The fourth-order valence-corrected chi connectivity index (χ4v) is 2.71. The standard InChI is InChI=1S/C12H23NO/c1-2-11-4-8-13(9-5-11)10-12(14)6-3-7-12/h11,14H,2-10H2,1H3. The average Bonchev–Trinajstić information content (AvgIpc) is 2.17. The summed E-state index contributed by atoms with van der Waals surface area (Å²) in [4.78, 5) is 2.46. The van der Waals surface area contributed by atoms with Crippen molar-refractivity contribution >= 4 is 0 Å². The van der Waals surface area contributed by atoms with Crippen molar-refractivity contribution in [1.29, 1.82) is 0 Å². The molecule has 0 spiro atoms. The van der Waals surface area contributed by atoms with Gasteiger partial charge in [-0.25, -0.2) is 0 Å². The Bertz CT molecular complexity index is 181. The van der Waals surface area contributed by atoms with Crippen LogP contribution in [0.5, 0.6) is 0 Å². The van der Waals surface area contributed by atoms with E-state index < -0.39 is 0 Å². The smallest absolute Gasteiger partial charge is 0.0774 e. The molecule has 1 saturated carbocycles. The van der Waals surface area contributed by atoms with Gasteiger partial charge in [-0.1, -0.05) is 13.3 Å². The first kappa shape index (κ1) is 10.4. The first-order chi connectivity index (χ1) is 6.72. The molecular formula is C12H23NO. The predicted octanol–water partition coefficient (Wildman–Crippen LogP) is 2.02. The maximum absolute atomic E-state index is 10.0. The van der Waals surface area contributed by atoms with Gasteiger partial charge in [-0.3, -0.25) is 0 Å². The summed E-state index contributed by atoms with van der Waals surface area (Å²) >= 11 is 0. The van der Waals surface area contributed by atoms with Crippen LogP contribution in [-0.4, -0.2) is 35.2 Å². The molecule has 0 bridgehead atoms. The lowest BCUT2D eigenvalue weighted by Gasteiger charge is -2.42. The van der Waals surface area contributed by atoms with Gasteiger partial charge < -0.3 is 10.0 Å². The number of rotatable bonds is 3. The predicted molar refractivity (Wildman–Crippen MR) is 58.3 cm³/mol. The number of hydrogen-bond donors (Lipinski definition) is 1. The highest BCUT2D eigenvalue weighted by Gasteiger charge is 2.36. The van der Waals surface area contributed by atoms with E-state index in [2.05, 4.69) is 11.8 Å². The van der Waals surface area contributed by atoms with Crippen LogP contribution in [0.4, 0.5) is 0 Å². The van der Waals surface area contributed by atoms with Crippen molar-refractivity contribution in [3.8, 4) is 0 Å². The molecule has 2 aliphatic rings. The Labute approximate surface area is 87.3 Å². The molecule has 1 N–H and O–H groups in total. The highest BCUT2D eigenvalue weighted by molar-refractivity contribution is 4.91. The van der Waals surface area contributed by atoms with Crippen LogP contribution in [0.25, 0.3) is 0 Å². The minimum Gasteiger partial charge on any atom is -0.389 e. The summed E-state index contributed by atoms with van der Waals surface area (Å²) in [5.74, 6) is 0.947. The Kier molecular flexibility index (Phi) is 3.13. The van der Waals surface area contributed by atoms with Gasteiger partial charge in [0.15, 0.2) is 0 Å². The lowest BCUT2D eigenvalue weighted by molar-refractivity contribution is -0.0637. The van der Waals surface area contributed by atoms with Crippen LogP contribution in [0.3, 0.4) is 0 Å². The molecule has 1 aliphatic heterocycles. The molecule has 0 aromatic rings. The van der Waals surface area contributed by atoms with Crippen LogP contribution in [0.2, 0.25) is 0 Å². The zero-order chi connectivity index (χ0) is 10.0. The second-order valence-corrected chi connectivity index (χ2v) is 5.21. The minimum absolute atomic E-state index is 0.306. The summed E-state index contributed by atoms with van der Waals surface area (Å²) in [6.45, 7) is 5.64. The first-order valence-electron chi connectivity index (χ1n) is 6.16. The van der Waals surface area contributed by atoms with Gasteiger partial charge in [0.2, 0.25) is 0 Å². The molecule has 1 saturated heterocycles. The van der Waals surface area contributed by atoms with Crippen LogP contribution < -0.4 is 0 Å². The van der Waals surface area contributed by atoms with Crippen molar-refractivity contribution in [2.45, 2.75) is 51.0 Å². The fourth-order valence-electron chi connectivity index (χ4n) is 2.71. The van der Waals surface area contributed by atoms with E-state index in [1.165, 1.54) is 38.8 Å². The summed E-state index contributed by atoms with van der Waals surface area (Å²) < 4.78 is 0. The maximum atomic E-state index is 10.0. The SMILES string of the molecule is CCC1CCN(CC2(O)CCC2)CC1. The normalized spacial score (nSPS) is 28.7. The second-order valence-electron chi connectivity index (χ2n) is 5.21. The molecule has 0 radical (unpaired) electrons. The lowest BCUT2D eigenvalue weighted by atomic mass is 9.79. The van der Waals surface area contributed by atoms with Crippen LogP contribution in [-0.2, 0) is 0 Å². The molecule has 0 unspecified atom stereocenters. The van der Waals surface area contributed by atoms with E-state index in [1.807, 2.05) is 0 Å². The summed E-state index contributed by atoms with van der Waals surface area (Å²) in [6, 6.07) is 0. The number of β-amino-alcohol motifs (C(OH)–C–C–N with tert-alkyl or cyclic N) is 1. The van der Waals surface area contributed by atoms with Gasteiger partial charge >= 0.3 is 0 Å². The van der Waals surface area contributed by atoms with Gasteiger partial charge in [0, 0.05) is 6.54 Å². The van der Waals surface area contributed by atoms with Crippen molar-refractivity contribution in [2.24, 2.45) is 5.92 Å². The topological polar surface area (TPSA) is 23.5 Å². The van der Waals surface area contributed by atoms with E-state index in [-0.39, 0.29) is 5.60 Å². The Hall–Kier alpha value is -0.0800. The Morgan fingerprint density at radius 2 is 1.93 bits per heavy atom. The molecule has 0 aromatic carbocycles. The fraction of sp³-hybridized carbons (Fsp3) is 1.00. The van der Waals surface area contributed by atoms with Gasteiger partial charge in [-0.05, 0) is 51.1 Å². The molecular weight excluding hydrogens is 174 g/mol. The van der Waals surface area contributed by atoms with Gasteiger partial charge in [-0.2, -0.15) is 0 Å². The van der Waals surface area contributed by atoms with Crippen LogP contribution in [0, 0.1) is 5.92 Å². The summed E-state index contributed by atoms with van der Waals surface area (Å²) in [5, 5.41) is 10.0. The zero-order valence-electron chi connectivity index (χ0n) is 9.34. The van der Waals surface area contributed by atoms with Gasteiger partial charge in [0.1, 0.15) is 0 Å².